The van der Waals surface area contributed by atoms with Gasteiger partial charge in [0.1, 0.15) is 0 Å². The van der Waals surface area contributed by atoms with Crippen molar-refractivity contribution in [3.63, 3.8) is 0 Å². The molecule has 0 aromatic heterocycles. The average molecular weight is 395 g/mol. The molecular weight excluding hydrogens is 364 g/mol. The Labute approximate surface area is 172 Å². The van der Waals surface area contributed by atoms with Gasteiger partial charge in [-0.05, 0) is 49.7 Å². The van der Waals surface area contributed by atoms with Crippen LogP contribution in [0.15, 0.2) is 48.5 Å². The number of fused-ring (bicyclic) bond motifs is 1. The summed E-state index contributed by atoms with van der Waals surface area (Å²) in [6.07, 6.45) is 1.74. The summed E-state index contributed by atoms with van der Waals surface area (Å²) in [4.78, 5) is 28.6. The predicted octanol–water partition coefficient (Wildman–Crippen LogP) is 1.76. The molecule has 0 aliphatic carbocycles. The molecule has 2 aromatic carbocycles. The number of carbonyl (C=O) groups excluding carboxylic acids is 2. The van der Waals surface area contributed by atoms with E-state index in [4.69, 9.17) is 0 Å². The summed E-state index contributed by atoms with van der Waals surface area (Å²) in [5.74, 6) is -1.18. The molecule has 0 radical (unpaired) electrons. The number of likely N-dealkylation sites (N-methyl/N-ethyl adjacent to an activating group) is 2. The van der Waals surface area contributed by atoms with Gasteiger partial charge < -0.3 is 20.4 Å². The molecule has 0 spiro atoms. The van der Waals surface area contributed by atoms with E-state index in [1.165, 1.54) is 11.3 Å². The van der Waals surface area contributed by atoms with Gasteiger partial charge >= 0.3 is 11.8 Å². The van der Waals surface area contributed by atoms with E-state index in [1.807, 2.05) is 44.4 Å². The molecule has 2 aromatic rings. The molecule has 0 fully saturated rings. The van der Waals surface area contributed by atoms with Gasteiger partial charge in [-0.1, -0.05) is 42.5 Å². The largest absolute Gasteiger partial charge is 0.374 e. The first kappa shape index (κ1) is 20.9. The first-order valence-electron chi connectivity index (χ1n) is 10.1. The number of benzene rings is 2. The zero-order valence-corrected chi connectivity index (χ0v) is 17.4. The van der Waals surface area contributed by atoms with Gasteiger partial charge in [0.25, 0.3) is 0 Å². The maximum absolute atomic E-state index is 12.2. The maximum Gasteiger partial charge on any atom is 0.309 e. The van der Waals surface area contributed by atoms with Crippen molar-refractivity contribution >= 4 is 17.5 Å². The van der Waals surface area contributed by atoms with E-state index in [2.05, 4.69) is 45.7 Å². The zero-order valence-electron chi connectivity index (χ0n) is 17.4. The Balaban J connectivity index is 1.52. The summed E-state index contributed by atoms with van der Waals surface area (Å²) >= 11 is 0. The lowest BCUT2D eigenvalue weighted by molar-refractivity contribution is -0.139. The van der Waals surface area contributed by atoms with Gasteiger partial charge in [0.05, 0.1) is 6.04 Å². The number of nitrogens with one attached hydrogen (secondary N) is 2. The quantitative estimate of drug-likeness (QED) is 0.703. The van der Waals surface area contributed by atoms with E-state index in [9.17, 15) is 9.59 Å². The normalized spacial score (nSPS) is 13.9. The highest BCUT2D eigenvalue weighted by Crippen LogP contribution is 2.30. The van der Waals surface area contributed by atoms with Gasteiger partial charge in [0.2, 0.25) is 0 Å². The lowest BCUT2D eigenvalue weighted by atomic mass is 10.0. The van der Waals surface area contributed by atoms with Crippen LogP contribution in [0.2, 0.25) is 0 Å². The van der Waals surface area contributed by atoms with Crippen LogP contribution in [-0.4, -0.2) is 57.5 Å². The fourth-order valence-electron chi connectivity index (χ4n) is 3.71. The van der Waals surface area contributed by atoms with E-state index in [1.54, 1.807) is 0 Å². The van der Waals surface area contributed by atoms with Crippen LogP contribution < -0.4 is 15.5 Å². The van der Waals surface area contributed by atoms with Crippen LogP contribution in [0, 0.1) is 0 Å². The highest BCUT2D eigenvalue weighted by atomic mass is 16.2. The van der Waals surface area contributed by atoms with E-state index in [0.29, 0.717) is 19.5 Å². The van der Waals surface area contributed by atoms with Crippen molar-refractivity contribution < 1.29 is 9.59 Å². The topological polar surface area (TPSA) is 64.7 Å². The van der Waals surface area contributed by atoms with Crippen LogP contribution in [0.3, 0.4) is 0 Å². The van der Waals surface area contributed by atoms with Crippen molar-refractivity contribution in [1.82, 2.24) is 15.5 Å². The molecule has 154 valence electrons. The minimum atomic E-state index is -0.592. The number of nitrogens with zero attached hydrogens (tertiary/aromatic N) is 2. The Hall–Kier alpha value is -2.86. The van der Waals surface area contributed by atoms with Crippen molar-refractivity contribution in [2.45, 2.75) is 18.9 Å². The van der Waals surface area contributed by atoms with Crippen LogP contribution in [0.5, 0.6) is 0 Å². The molecule has 1 aliphatic rings. The molecule has 1 aliphatic heterocycles. The van der Waals surface area contributed by atoms with E-state index >= 15 is 0 Å². The summed E-state index contributed by atoms with van der Waals surface area (Å²) in [5, 5.41) is 5.48. The van der Waals surface area contributed by atoms with Crippen LogP contribution in [0.1, 0.15) is 22.7 Å². The smallest absolute Gasteiger partial charge is 0.309 e. The highest BCUT2D eigenvalue weighted by molar-refractivity contribution is 6.35. The van der Waals surface area contributed by atoms with Gasteiger partial charge in [-0.25, -0.2) is 0 Å². The Kier molecular flexibility index (Phi) is 6.88. The predicted molar refractivity (Wildman–Crippen MR) is 116 cm³/mol. The minimum absolute atomic E-state index is 0.00674. The van der Waals surface area contributed by atoms with E-state index in [0.717, 1.165) is 24.1 Å². The SMILES string of the molecule is CN1CCc2cc([C@@H](CNC(=O)C(=O)NCCc3ccccc3)N(C)C)ccc21. The Bertz CT molecular complexity index is 851. The Morgan fingerprint density at radius 1 is 1.07 bits per heavy atom. The van der Waals surface area contributed by atoms with Crippen molar-refractivity contribution in [1.29, 1.82) is 0 Å². The molecule has 29 heavy (non-hydrogen) atoms. The molecule has 0 unspecified atom stereocenters. The standard InChI is InChI=1S/C23H30N4O2/c1-26(2)21(18-9-10-20-19(15-18)12-14-27(20)3)16-25-23(29)22(28)24-13-11-17-7-5-4-6-8-17/h4-10,15,21H,11-14,16H2,1-3H3,(H,24,28)(H,25,29)/t21-/m1/s1. The Morgan fingerprint density at radius 3 is 2.52 bits per heavy atom. The van der Waals surface area contributed by atoms with Crippen molar-refractivity contribution in [2.24, 2.45) is 0 Å². The number of hydrogen-bond acceptors (Lipinski definition) is 4. The third-order valence-electron chi connectivity index (χ3n) is 5.44. The van der Waals surface area contributed by atoms with E-state index < -0.39 is 11.8 Å². The van der Waals surface area contributed by atoms with Crippen molar-refractivity contribution in [3.8, 4) is 0 Å². The number of anilines is 1. The summed E-state index contributed by atoms with van der Waals surface area (Å²) < 4.78 is 0. The first-order valence-corrected chi connectivity index (χ1v) is 10.1. The fourth-order valence-corrected chi connectivity index (χ4v) is 3.71. The molecule has 0 saturated heterocycles. The van der Waals surface area contributed by atoms with Gasteiger partial charge in [-0.2, -0.15) is 0 Å². The average Bonchev–Trinajstić information content (AvgIpc) is 3.09. The van der Waals surface area contributed by atoms with Gasteiger partial charge in [-0.15, -0.1) is 0 Å². The van der Waals surface area contributed by atoms with Crippen LogP contribution in [0.25, 0.3) is 0 Å². The molecule has 1 atom stereocenters. The van der Waals surface area contributed by atoms with Gasteiger partial charge in [-0.3, -0.25) is 9.59 Å². The second-order valence-electron chi connectivity index (χ2n) is 7.74. The fraction of sp³-hybridized carbons (Fsp3) is 0.391. The lowest BCUT2D eigenvalue weighted by Gasteiger charge is -2.26. The second-order valence-corrected chi connectivity index (χ2v) is 7.74. The zero-order chi connectivity index (χ0) is 20.8. The van der Waals surface area contributed by atoms with Gasteiger partial charge in [0.15, 0.2) is 0 Å². The molecule has 2 amide bonds. The molecule has 0 saturated carbocycles. The highest BCUT2D eigenvalue weighted by Gasteiger charge is 2.22. The third-order valence-corrected chi connectivity index (χ3v) is 5.44. The van der Waals surface area contributed by atoms with Gasteiger partial charge in [0, 0.05) is 32.4 Å². The summed E-state index contributed by atoms with van der Waals surface area (Å²) in [6, 6.07) is 16.4. The molecule has 3 rings (SSSR count). The number of carbonyl (C=O) groups is 2. The van der Waals surface area contributed by atoms with Crippen molar-refractivity contribution in [2.75, 3.05) is 45.7 Å². The molecule has 0 bridgehead atoms. The van der Waals surface area contributed by atoms with Crippen LogP contribution in [0.4, 0.5) is 5.69 Å². The van der Waals surface area contributed by atoms with Crippen LogP contribution in [-0.2, 0) is 22.4 Å². The van der Waals surface area contributed by atoms with E-state index in [-0.39, 0.29) is 6.04 Å². The molecule has 6 nitrogen and oxygen atoms in total. The molecule has 1 heterocycles. The summed E-state index contributed by atoms with van der Waals surface area (Å²) in [7, 11) is 6.07. The summed E-state index contributed by atoms with van der Waals surface area (Å²) in [6.45, 7) is 1.85. The van der Waals surface area contributed by atoms with Crippen LogP contribution >= 0.6 is 0 Å². The molecule has 6 heteroatoms. The Morgan fingerprint density at radius 2 is 1.79 bits per heavy atom. The third kappa shape index (κ3) is 5.35. The number of hydrogen-bond donors (Lipinski definition) is 2. The minimum Gasteiger partial charge on any atom is -0.374 e. The molecule has 2 N–H and O–H groups in total. The monoisotopic (exact) mass is 394 g/mol. The summed E-state index contributed by atoms with van der Waals surface area (Å²) in [5.41, 5.74) is 4.88. The lowest BCUT2D eigenvalue weighted by Crippen LogP contribution is -2.43. The van der Waals surface area contributed by atoms with Crippen molar-refractivity contribution in [3.05, 3.63) is 65.2 Å². The number of rotatable bonds is 7. The first-order chi connectivity index (χ1) is 14.0. The molecular formula is C23H30N4O2. The number of amides is 2. The maximum atomic E-state index is 12.2. The second kappa shape index (κ2) is 9.56.